The number of hydrogen-bond acceptors (Lipinski definition) is 3. The van der Waals surface area contributed by atoms with E-state index in [1.165, 1.54) is 0 Å². The van der Waals surface area contributed by atoms with Gasteiger partial charge in [0.05, 0.1) is 12.3 Å². The fourth-order valence-corrected chi connectivity index (χ4v) is 1.82. The first kappa shape index (κ1) is 16.3. The molecule has 0 aromatic heterocycles. The predicted molar refractivity (Wildman–Crippen MR) is 83.1 cm³/mol. The maximum Gasteiger partial charge on any atom is 0.251 e. The second-order valence-electron chi connectivity index (χ2n) is 4.92. The molecule has 0 aliphatic rings. The Labute approximate surface area is 121 Å². The summed E-state index contributed by atoms with van der Waals surface area (Å²) in [7, 11) is 0. The molecule has 112 valence electrons. The van der Waals surface area contributed by atoms with Gasteiger partial charge in [-0.25, -0.2) is 0 Å². The molecule has 0 fully saturated rings. The van der Waals surface area contributed by atoms with E-state index in [0.717, 1.165) is 32.1 Å². The molecule has 0 spiro atoms. The molecule has 3 N–H and O–H groups in total. The Balaban J connectivity index is 2.58. The highest BCUT2D eigenvalue weighted by Crippen LogP contribution is 2.23. The highest BCUT2D eigenvalue weighted by Gasteiger charge is 2.08. The summed E-state index contributed by atoms with van der Waals surface area (Å²) in [5.74, 6) is 0.529. The van der Waals surface area contributed by atoms with Gasteiger partial charge in [-0.15, -0.1) is 0 Å². The average Bonchev–Trinajstić information content (AvgIpc) is 2.45. The Morgan fingerprint density at radius 1 is 1.20 bits per heavy atom. The zero-order valence-corrected chi connectivity index (χ0v) is 12.6. The van der Waals surface area contributed by atoms with Crippen LogP contribution < -0.4 is 15.8 Å². The summed E-state index contributed by atoms with van der Waals surface area (Å²) >= 11 is 0. The maximum absolute atomic E-state index is 12.0. The van der Waals surface area contributed by atoms with E-state index in [2.05, 4.69) is 19.2 Å². The van der Waals surface area contributed by atoms with Crippen LogP contribution in [0.1, 0.15) is 56.3 Å². The van der Waals surface area contributed by atoms with E-state index >= 15 is 0 Å². The van der Waals surface area contributed by atoms with Crippen LogP contribution >= 0.6 is 0 Å². The van der Waals surface area contributed by atoms with Crippen LogP contribution in [0, 0.1) is 0 Å². The molecule has 0 radical (unpaired) electrons. The summed E-state index contributed by atoms with van der Waals surface area (Å²) in [5, 5.41) is 2.89. The van der Waals surface area contributed by atoms with Crippen molar-refractivity contribution in [1.82, 2.24) is 5.32 Å². The Kier molecular flexibility index (Phi) is 7.55. The molecule has 1 rings (SSSR count). The van der Waals surface area contributed by atoms with Crippen LogP contribution in [0.25, 0.3) is 0 Å². The second kappa shape index (κ2) is 9.23. The lowest BCUT2D eigenvalue weighted by atomic mass is 10.1. The van der Waals surface area contributed by atoms with E-state index < -0.39 is 0 Å². The Bertz CT molecular complexity index is 419. The molecular formula is C16H26N2O2. The molecule has 4 nitrogen and oxygen atoms in total. The summed E-state index contributed by atoms with van der Waals surface area (Å²) in [4.78, 5) is 12.0. The van der Waals surface area contributed by atoms with Crippen molar-refractivity contribution in [2.24, 2.45) is 0 Å². The molecule has 20 heavy (non-hydrogen) atoms. The molecule has 1 aromatic rings. The first-order valence-electron chi connectivity index (χ1n) is 7.49. The van der Waals surface area contributed by atoms with Crippen LogP contribution in [-0.2, 0) is 0 Å². The largest absolute Gasteiger partial charge is 0.491 e. The molecule has 0 aliphatic heterocycles. The SMILES string of the molecule is CCCCCOc1cc(C(=O)NCCCC)ccc1N. The number of rotatable bonds is 9. The molecule has 0 atom stereocenters. The maximum atomic E-state index is 12.0. The first-order chi connectivity index (χ1) is 9.69. The minimum absolute atomic E-state index is 0.0724. The van der Waals surface area contributed by atoms with E-state index in [1.807, 2.05) is 0 Å². The van der Waals surface area contributed by atoms with Gasteiger partial charge in [0.25, 0.3) is 5.91 Å². The van der Waals surface area contributed by atoms with Gasteiger partial charge in [-0.1, -0.05) is 33.1 Å². The van der Waals surface area contributed by atoms with Crippen molar-refractivity contribution in [2.45, 2.75) is 46.0 Å². The van der Waals surface area contributed by atoms with Crippen molar-refractivity contribution >= 4 is 11.6 Å². The van der Waals surface area contributed by atoms with Gasteiger partial charge in [-0.2, -0.15) is 0 Å². The lowest BCUT2D eigenvalue weighted by Gasteiger charge is -2.11. The normalized spacial score (nSPS) is 10.3. The van der Waals surface area contributed by atoms with E-state index in [4.69, 9.17) is 10.5 Å². The topological polar surface area (TPSA) is 64.3 Å². The number of nitrogens with one attached hydrogen (secondary N) is 1. The molecule has 0 aliphatic carbocycles. The molecule has 0 unspecified atom stereocenters. The predicted octanol–water partition coefficient (Wildman–Crippen LogP) is 3.37. The molecule has 1 amide bonds. The van der Waals surface area contributed by atoms with Crippen LogP contribution in [0.3, 0.4) is 0 Å². The zero-order valence-electron chi connectivity index (χ0n) is 12.6. The van der Waals surface area contributed by atoms with Crippen LogP contribution in [0.5, 0.6) is 5.75 Å². The van der Waals surface area contributed by atoms with E-state index in [9.17, 15) is 4.79 Å². The molecular weight excluding hydrogens is 252 g/mol. The molecule has 0 saturated heterocycles. The third kappa shape index (κ3) is 5.51. The highest BCUT2D eigenvalue weighted by molar-refractivity contribution is 5.95. The van der Waals surface area contributed by atoms with Gasteiger partial charge in [-0.05, 0) is 31.0 Å². The fourth-order valence-electron chi connectivity index (χ4n) is 1.82. The van der Waals surface area contributed by atoms with Crippen LogP contribution in [0.2, 0.25) is 0 Å². The summed E-state index contributed by atoms with van der Waals surface area (Å²) in [5.41, 5.74) is 7.04. The molecule has 1 aromatic carbocycles. The quantitative estimate of drug-likeness (QED) is 0.537. The smallest absolute Gasteiger partial charge is 0.251 e. The first-order valence-corrected chi connectivity index (χ1v) is 7.49. The van der Waals surface area contributed by atoms with Gasteiger partial charge in [0.2, 0.25) is 0 Å². The van der Waals surface area contributed by atoms with Crippen molar-refractivity contribution in [3.05, 3.63) is 23.8 Å². The number of ether oxygens (including phenoxy) is 1. The summed E-state index contributed by atoms with van der Waals surface area (Å²) < 4.78 is 5.65. The van der Waals surface area contributed by atoms with Gasteiger partial charge in [-0.3, -0.25) is 4.79 Å². The lowest BCUT2D eigenvalue weighted by Crippen LogP contribution is -2.24. The van der Waals surface area contributed by atoms with Gasteiger partial charge in [0.15, 0.2) is 0 Å². The van der Waals surface area contributed by atoms with Crippen molar-refractivity contribution in [3.8, 4) is 5.75 Å². The Hall–Kier alpha value is -1.71. The number of unbranched alkanes of at least 4 members (excludes halogenated alkanes) is 3. The van der Waals surface area contributed by atoms with Crippen molar-refractivity contribution in [3.63, 3.8) is 0 Å². The minimum atomic E-state index is -0.0724. The summed E-state index contributed by atoms with van der Waals surface area (Å²) in [6.07, 6.45) is 5.34. The number of anilines is 1. The van der Waals surface area contributed by atoms with Crippen molar-refractivity contribution in [2.75, 3.05) is 18.9 Å². The molecule has 4 heteroatoms. The minimum Gasteiger partial charge on any atom is -0.491 e. The van der Waals surface area contributed by atoms with Crippen LogP contribution in [0.15, 0.2) is 18.2 Å². The monoisotopic (exact) mass is 278 g/mol. The lowest BCUT2D eigenvalue weighted by molar-refractivity contribution is 0.0952. The summed E-state index contributed by atoms with van der Waals surface area (Å²) in [6.45, 7) is 5.58. The number of benzene rings is 1. The van der Waals surface area contributed by atoms with Crippen LogP contribution in [0.4, 0.5) is 5.69 Å². The number of carbonyl (C=O) groups is 1. The second-order valence-corrected chi connectivity index (χ2v) is 4.92. The van der Waals surface area contributed by atoms with Gasteiger partial charge >= 0.3 is 0 Å². The third-order valence-electron chi connectivity index (χ3n) is 3.10. The van der Waals surface area contributed by atoms with E-state index in [0.29, 0.717) is 30.2 Å². The highest BCUT2D eigenvalue weighted by atomic mass is 16.5. The fraction of sp³-hybridized carbons (Fsp3) is 0.562. The van der Waals surface area contributed by atoms with E-state index in [1.54, 1.807) is 18.2 Å². The van der Waals surface area contributed by atoms with Gasteiger partial charge < -0.3 is 15.8 Å². The van der Waals surface area contributed by atoms with Crippen molar-refractivity contribution < 1.29 is 9.53 Å². The number of nitrogen functional groups attached to an aromatic ring is 1. The Morgan fingerprint density at radius 2 is 1.95 bits per heavy atom. The van der Waals surface area contributed by atoms with Gasteiger partial charge in [0.1, 0.15) is 5.75 Å². The van der Waals surface area contributed by atoms with Gasteiger partial charge in [0, 0.05) is 12.1 Å². The molecule has 0 bridgehead atoms. The number of nitrogens with two attached hydrogens (primary N) is 1. The molecule has 0 heterocycles. The van der Waals surface area contributed by atoms with Crippen LogP contribution in [-0.4, -0.2) is 19.1 Å². The Morgan fingerprint density at radius 3 is 2.65 bits per heavy atom. The average molecular weight is 278 g/mol. The number of amides is 1. The molecule has 0 saturated carbocycles. The third-order valence-corrected chi connectivity index (χ3v) is 3.10. The number of carbonyl (C=O) groups excluding carboxylic acids is 1. The standard InChI is InChI=1S/C16H26N2O2/c1-3-5-7-11-20-15-12-13(8-9-14(15)17)16(19)18-10-6-4-2/h8-9,12H,3-7,10-11,17H2,1-2H3,(H,18,19). The zero-order chi connectivity index (χ0) is 14.8. The van der Waals surface area contributed by atoms with Crippen molar-refractivity contribution in [1.29, 1.82) is 0 Å². The summed E-state index contributed by atoms with van der Waals surface area (Å²) in [6, 6.07) is 5.18. The number of hydrogen-bond donors (Lipinski definition) is 2. The van der Waals surface area contributed by atoms with E-state index in [-0.39, 0.29) is 5.91 Å².